The zero-order chi connectivity index (χ0) is 21.9. The molecule has 10 heteroatoms. The van der Waals surface area contributed by atoms with Crippen LogP contribution in [0.1, 0.15) is 34.1 Å². The monoisotopic (exact) mass is 440 g/mol. The van der Waals surface area contributed by atoms with E-state index in [-0.39, 0.29) is 45.9 Å². The van der Waals surface area contributed by atoms with Gasteiger partial charge in [0, 0.05) is 18.2 Å². The zero-order valence-corrected chi connectivity index (χ0v) is 16.9. The fourth-order valence-corrected chi connectivity index (χ4v) is 6.13. The van der Waals surface area contributed by atoms with Crippen LogP contribution in [0.25, 0.3) is 11.0 Å². The Labute approximate surface area is 176 Å². The number of nitro groups is 1. The molecule has 1 amide bonds. The van der Waals surface area contributed by atoms with Gasteiger partial charge in [-0.2, -0.15) is 0 Å². The molecule has 9 nitrogen and oxygen atoms in total. The average Bonchev–Trinajstić information content (AvgIpc) is 3.25. The first-order valence-corrected chi connectivity index (χ1v) is 11.4. The number of nitro benzene ring substituents is 1. The summed E-state index contributed by atoms with van der Waals surface area (Å²) < 4.78 is 30.0. The molecule has 1 aromatic heterocycles. The Bertz CT molecular complexity index is 1410. The molecule has 2 unspecified atom stereocenters. The molecule has 1 fully saturated rings. The molecule has 0 N–H and O–H groups in total. The lowest BCUT2D eigenvalue weighted by atomic mass is 9.97. The number of hydrogen-bond donors (Lipinski definition) is 0. The number of carbonyl (C=O) groups is 1. The second-order valence-corrected chi connectivity index (χ2v) is 9.92. The number of fused-ring (bicyclic) bond motifs is 2. The van der Waals surface area contributed by atoms with Crippen LogP contribution < -0.4 is 5.43 Å². The Morgan fingerprint density at radius 3 is 2.42 bits per heavy atom. The average molecular weight is 440 g/mol. The van der Waals surface area contributed by atoms with Crippen LogP contribution in [-0.2, 0) is 9.84 Å². The zero-order valence-electron chi connectivity index (χ0n) is 16.1. The predicted molar refractivity (Wildman–Crippen MR) is 111 cm³/mol. The minimum Gasteiger partial charge on any atom is -0.450 e. The lowest BCUT2D eigenvalue weighted by Crippen LogP contribution is -2.40. The second-order valence-electron chi connectivity index (χ2n) is 7.69. The van der Waals surface area contributed by atoms with Crippen molar-refractivity contribution in [3.8, 4) is 0 Å². The van der Waals surface area contributed by atoms with Crippen LogP contribution >= 0.6 is 0 Å². The topological polar surface area (TPSA) is 128 Å². The summed E-state index contributed by atoms with van der Waals surface area (Å²) in [5, 5.41) is 11.3. The van der Waals surface area contributed by atoms with E-state index in [9.17, 15) is 28.1 Å². The predicted octanol–water partition coefficient (Wildman–Crippen LogP) is 2.43. The molecule has 1 saturated heterocycles. The third-order valence-corrected chi connectivity index (χ3v) is 7.59. The number of sulfone groups is 1. The standard InChI is InChI=1S/C21H16N2O7S/c24-19-15-3-1-2-4-16(15)30-20-17(19)18(12-5-7-13(8-6-12)23(26)27)22(21(20)25)14-9-10-31(28,29)11-14/h1-8,14,18H,9-11H2. The van der Waals surface area contributed by atoms with Gasteiger partial charge in [-0.3, -0.25) is 19.7 Å². The minimum absolute atomic E-state index is 0.0475. The molecule has 2 aliphatic heterocycles. The van der Waals surface area contributed by atoms with Crippen LogP contribution in [0.3, 0.4) is 0 Å². The molecule has 0 bridgehead atoms. The largest absolute Gasteiger partial charge is 0.450 e. The molecule has 0 radical (unpaired) electrons. The van der Waals surface area contributed by atoms with Crippen molar-refractivity contribution in [2.24, 2.45) is 0 Å². The van der Waals surface area contributed by atoms with E-state index in [4.69, 9.17) is 4.42 Å². The van der Waals surface area contributed by atoms with Crippen molar-refractivity contribution < 1.29 is 22.6 Å². The molecular formula is C21H16N2O7S. The maximum absolute atomic E-state index is 13.3. The number of amides is 1. The van der Waals surface area contributed by atoms with Crippen molar-refractivity contribution in [1.29, 1.82) is 0 Å². The molecular weight excluding hydrogens is 424 g/mol. The highest BCUT2D eigenvalue weighted by atomic mass is 32.2. The smallest absolute Gasteiger partial charge is 0.291 e. The quantitative estimate of drug-likeness (QED) is 0.452. The van der Waals surface area contributed by atoms with E-state index in [2.05, 4.69) is 0 Å². The maximum atomic E-state index is 13.3. The number of para-hydroxylation sites is 1. The van der Waals surface area contributed by atoms with Crippen LogP contribution in [0.2, 0.25) is 0 Å². The normalized spacial score (nSPS) is 22.1. The van der Waals surface area contributed by atoms with Crippen molar-refractivity contribution in [2.75, 3.05) is 11.5 Å². The van der Waals surface area contributed by atoms with E-state index < -0.39 is 32.8 Å². The molecule has 3 aromatic rings. The molecule has 2 atom stereocenters. The van der Waals surface area contributed by atoms with Crippen LogP contribution in [-0.4, -0.2) is 41.7 Å². The number of rotatable bonds is 3. The molecule has 31 heavy (non-hydrogen) atoms. The Kier molecular flexibility index (Phi) is 4.23. The number of hydrogen-bond acceptors (Lipinski definition) is 7. The first-order valence-electron chi connectivity index (χ1n) is 9.60. The summed E-state index contributed by atoms with van der Waals surface area (Å²) in [6, 6.07) is 10.6. The summed E-state index contributed by atoms with van der Waals surface area (Å²) in [6.45, 7) is 0. The van der Waals surface area contributed by atoms with Gasteiger partial charge in [0.05, 0.1) is 33.4 Å². The van der Waals surface area contributed by atoms with Crippen LogP contribution in [0.5, 0.6) is 0 Å². The number of non-ortho nitro benzene ring substituents is 1. The highest BCUT2D eigenvalue weighted by Crippen LogP contribution is 2.41. The second kappa shape index (κ2) is 6.74. The van der Waals surface area contributed by atoms with E-state index >= 15 is 0 Å². The highest BCUT2D eigenvalue weighted by molar-refractivity contribution is 7.91. The van der Waals surface area contributed by atoms with Gasteiger partial charge in [-0.05, 0) is 36.2 Å². The molecule has 158 valence electrons. The van der Waals surface area contributed by atoms with E-state index in [1.165, 1.54) is 29.2 Å². The molecule has 0 spiro atoms. The number of nitrogens with zero attached hydrogens (tertiary/aromatic N) is 2. The Morgan fingerprint density at radius 2 is 1.77 bits per heavy atom. The maximum Gasteiger partial charge on any atom is 0.291 e. The summed E-state index contributed by atoms with van der Waals surface area (Å²) in [6.07, 6.45) is 0.249. The van der Waals surface area contributed by atoms with Crippen LogP contribution in [0.15, 0.2) is 57.7 Å². The van der Waals surface area contributed by atoms with E-state index in [0.717, 1.165) is 0 Å². The Balaban J connectivity index is 1.73. The van der Waals surface area contributed by atoms with Gasteiger partial charge in [0.15, 0.2) is 15.3 Å². The molecule has 3 heterocycles. The lowest BCUT2D eigenvalue weighted by molar-refractivity contribution is -0.384. The first-order chi connectivity index (χ1) is 14.8. The first kappa shape index (κ1) is 19.4. The summed E-state index contributed by atoms with van der Waals surface area (Å²) in [4.78, 5) is 38.6. The lowest BCUT2D eigenvalue weighted by Gasteiger charge is -2.30. The van der Waals surface area contributed by atoms with Crippen molar-refractivity contribution in [1.82, 2.24) is 4.90 Å². The van der Waals surface area contributed by atoms with Crippen molar-refractivity contribution in [3.63, 3.8) is 0 Å². The van der Waals surface area contributed by atoms with Gasteiger partial charge in [0.1, 0.15) is 5.58 Å². The third kappa shape index (κ3) is 3.02. The number of carbonyl (C=O) groups excluding carboxylic acids is 1. The summed E-state index contributed by atoms with van der Waals surface area (Å²) in [5.41, 5.74) is 0.361. The van der Waals surface area contributed by atoms with Gasteiger partial charge >= 0.3 is 0 Å². The van der Waals surface area contributed by atoms with E-state index in [1.807, 2.05) is 0 Å². The summed E-state index contributed by atoms with van der Waals surface area (Å²) in [7, 11) is -3.31. The molecule has 5 rings (SSSR count). The third-order valence-electron chi connectivity index (χ3n) is 5.83. The van der Waals surface area contributed by atoms with Crippen molar-refractivity contribution in [2.45, 2.75) is 18.5 Å². The van der Waals surface area contributed by atoms with E-state index in [0.29, 0.717) is 10.9 Å². The van der Waals surface area contributed by atoms with Crippen LogP contribution in [0.4, 0.5) is 5.69 Å². The van der Waals surface area contributed by atoms with Gasteiger partial charge in [-0.25, -0.2) is 8.42 Å². The van der Waals surface area contributed by atoms with Crippen molar-refractivity contribution >= 4 is 32.4 Å². The van der Waals surface area contributed by atoms with Gasteiger partial charge in [-0.1, -0.05) is 12.1 Å². The Hall–Kier alpha value is -3.53. The molecule has 0 saturated carbocycles. The van der Waals surface area contributed by atoms with Gasteiger partial charge < -0.3 is 9.32 Å². The fraction of sp³-hybridized carbons (Fsp3) is 0.238. The summed E-state index contributed by atoms with van der Waals surface area (Å²) >= 11 is 0. The van der Waals surface area contributed by atoms with Crippen LogP contribution in [0, 0.1) is 10.1 Å². The minimum atomic E-state index is -3.31. The number of benzene rings is 2. The van der Waals surface area contributed by atoms with Crippen molar-refractivity contribution in [3.05, 3.63) is 85.8 Å². The molecule has 2 aromatic carbocycles. The fourth-order valence-electron chi connectivity index (χ4n) is 4.41. The Morgan fingerprint density at radius 1 is 1.06 bits per heavy atom. The molecule has 2 aliphatic rings. The SMILES string of the molecule is O=C1c2oc3ccccc3c(=O)c2C(c2ccc([N+](=O)[O-])cc2)N1C1CCS(=O)(=O)C1. The highest BCUT2D eigenvalue weighted by Gasteiger charge is 2.48. The molecule has 0 aliphatic carbocycles. The van der Waals surface area contributed by atoms with Gasteiger partial charge in [-0.15, -0.1) is 0 Å². The van der Waals surface area contributed by atoms with Gasteiger partial charge in [0.25, 0.3) is 11.6 Å². The van der Waals surface area contributed by atoms with E-state index in [1.54, 1.807) is 24.3 Å². The summed E-state index contributed by atoms with van der Waals surface area (Å²) in [5.74, 6) is -0.919. The van der Waals surface area contributed by atoms with Gasteiger partial charge in [0.2, 0.25) is 5.76 Å².